The first kappa shape index (κ1) is 8.40. The predicted octanol–water partition coefficient (Wildman–Crippen LogP) is 1.33. The maximum atomic E-state index is 10.8. The number of rotatable bonds is 1. The lowest BCUT2D eigenvalue weighted by atomic mass is 10.2. The average Bonchev–Trinajstić information content (AvgIpc) is 2.45. The van der Waals surface area contributed by atoms with Crippen molar-refractivity contribution in [2.75, 3.05) is 0 Å². The number of fused-ring (bicyclic) bond motifs is 1. The van der Waals surface area contributed by atoms with Gasteiger partial charge < -0.3 is 0 Å². The van der Waals surface area contributed by atoms with E-state index >= 15 is 0 Å². The van der Waals surface area contributed by atoms with Crippen molar-refractivity contribution in [1.29, 1.82) is 0 Å². The van der Waals surface area contributed by atoms with E-state index in [1.807, 2.05) is 25.1 Å². The van der Waals surface area contributed by atoms with Gasteiger partial charge in [0.05, 0.1) is 11.2 Å². The molecule has 0 radical (unpaired) electrons. The fourth-order valence-electron chi connectivity index (χ4n) is 1.31. The Hall–Kier alpha value is -1.20. The molecule has 0 saturated heterocycles. The first-order valence-electron chi connectivity index (χ1n) is 3.76. The quantitative estimate of drug-likeness (QED) is 0.700. The van der Waals surface area contributed by atoms with Crippen LogP contribution in [0.3, 0.4) is 0 Å². The van der Waals surface area contributed by atoms with Gasteiger partial charge in [0.15, 0.2) is 0 Å². The van der Waals surface area contributed by atoms with Gasteiger partial charge in [0.2, 0.25) is 0 Å². The van der Waals surface area contributed by atoms with Crippen molar-refractivity contribution in [2.45, 2.75) is 6.92 Å². The van der Waals surface area contributed by atoms with Crippen molar-refractivity contribution in [2.24, 2.45) is 0 Å². The second-order valence-electron chi connectivity index (χ2n) is 2.71. The van der Waals surface area contributed by atoms with Gasteiger partial charge in [-0.25, -0.2) is 4.21 Å². The number of nitrogens with zero attached hydrogens (tertiary/aromatic N) is 2. The topological polar surface area (TPSA) is 55.1 Å². The lowest BCUT2D eigenvalue weighted by Gasteiger charge is -1.93. The Balaban J connectivity index is 2.85. The van der Waals surface area contributed by atoms with E-state index in [-0.39, 0.29) is 0 Å². The molecule has 1 N–H and O–H groups in total. The molecule has 1 aromatic heterocycles. The van der Waals surface area contributed by atoms with Crippen LogP contribution in [-0.2, 0) is 11.3 Å². The van der Waals surface area contributed by atoms with Crippen molar-refractivity contribution in [3.05, 3.63) is 30.0 Å². The molecule has 0 aliphatic carbocycles. The number of hydrogen-bond donors (Lipinski definition) is 1. The van der Waals surface area contributed by atoms with Gasteiger partial charge in [0, 0.05) is 5.39 Å². The van der Waals surface area contributed by atoms with Crippen LogP contribution < -0.4 is 0 Å². The molecule has 4 nitrogen and oxygen atoms in total. The minimum Gasteiger partial charge on any atom is -0.288 e. The molecule has 0 aliphatic rings. The van der Waals surface area contributed by atoms with Crippen LogP contribution in [0.2, 0.25) is 0 Å². The highest BCUT2D eigenvalue weighted by Crippen LogP contribution is 2.17. The summed E-state index contributed by atoms with van der Waals surface area (Å²) in [6.45, 7) is 1.81. The van der Waals surface area contributed by atoms with E-state index in [1.54, 1.807) is 6.07 Å². The fourth-order valence-corrected chi connectivity index (χ4v) is 1.83. The van der Waals surface area contributed by atoms with Gasteiger partial charge in [0.1, 0.15) is 0 Å². The SMILES string of the molecule is Cc1nn(S(=O)O)c2ccccc12. The van der Waals surface area contributed by atoms with Gasteiger partial charge in [-0.15, -0.1) is 0 Å². The summed E-state index contributed by atoms with van der Waals surface area (Å²) in [5, 5.41) is 4.86. The molecule has 2 rings (SSSR count). The second kappa shape index (κ2) is 2.93. The molecule has 1 atom stereocenters. The molecule has 0 saturated carbocycles. The molecular formula is C8H8N2O2S. The molecule has 13 heavy (non-hydrogen) atoms. The average molecular weight is 196 g/mol. The Morgan fingerprint density at radius 1 is 1.46 bits per heavy atom. The lowest BCUT2D eigenvalue weighted by molar-refractivity contribution is 0.549. The number of hydrogen-bond acceptors (Lipinski definition) is 2. The van der Waals surface area contributed by atoms with E-state index in [2.05, 4.69) is 5.10 Å². The molecular weight excluding hydrogens is 188 g/mol. The summed E-state index contributed by atoms with van der Waals surface area (Å²) in [6.07, 6.45) is 0. The lowest BCUT2D eigenvalue weighted by Crippen LogP contribution is -2.03. The van der Waals surface area contributed by atoms with Crippen LogP contribution in [-0.4, -0.2) is 17.9 Å². The van der Waals surface area contributed by atoms with Crippen molar-refractivity contribution < 1.29 is 8.76 Å². The van der Waals surface area contributed by atoms with Gasteiger partial charge in [-0.1, -0.05) is 18.2 Å². The smallest absolute Gasteiger partial charge is 0.283 e. The van der Waals surface area contributed by atoms with Crippen LogP contribution in [0.4, 0.5) is 0 Å². The Labute approximate surface area is 77.6 Å². The highest BCUT2D eigenvalue weighted by atomic mass is 32.2. The highest BCUT2D eigenvalue weighted by molar-refractivity contribution is 7.77. The van der Waals surface area contributed by atoms with E-state index in [0.717, 1.165) is 15.2 Å². The van der Waals surface area contributed by atoms with Gasteiger partial charge >= 0.3 is 0 Å². The minimum atomic E-state index is -2.08. The zero-order chi connectivity index (χ0) is 9.42. The number of aryl methyl sites for hydroxylation is 1. The Bertz CT molecular complexity index is 478. The van der Waals surface area contributed by atoms with E-state index in [0.29, 0.717) is 5.52 Å². The Morgan fingerprint density at radius 2 is 2.15 bits per heavy atom. The summed E-state index contributed by atoms with van der Waals surface area (Å²) < 4.78 is 20.8. The van der Waals surface area contributed by atoms with E-state index in [4.69, 9.17) is 4.55 Å². The van der Waals surface area contributed by atoms with Crippen LogP contribution in [0.25, 0.3) is 10.9 Å². The number of aromatic nitrogens is 2. The predicted molar refractivity (Wildman–Crippen MR) is 50.6 cm³/mol. The largest absolute Gasteiger partial charge is 0.288 e. The molecule has 68 valence electrons. The summed E-state index contributed by atoms with van der Waals surface area (Å²) in [5.41, 5.74) is 1.44. The molecule has 0 spiro atoms. The first-order chi connectivity index (χ1) is 6.20. The summed E-state index contributed by atoms with van der Waals surface area (Å²) in [5.74, 6) is 0. The van der Waals surface area contributed by atoms with Crippen LogP contribution in [0.15, 0.2) is 24.3 Å². The molecule has 5 heteroatoms. The van der Waals surface area contributed by atoms with Crippen molar-refractivity contribution in [3.8, 4) is 0 Å². The van der Waals surface area contributed by atoms with Crippen molar-refractivity contribution in [1.82, 2.24) is 9.19 Å². The van der Waals surface area contributed by atoms with Gasteiger partial charge in [0.25, 0.3) is 11.3 Å². The van der Waals surface area contributed by atoms with Crippen LogP contribution in [0.1, 0.15) is 5.69 Å². The number of para-hydroxylation sites is 1. The molecule has 0 fully saturated rings. The first-order valence-corrected chi connectivity index (χ1v) is 4.82. The standard InChI is InChI=1S/C8H8N2O2S/c1-6-7-4-2-3-5-8(7)10(9-6)13(11)12/h2-5H,1H3,(H,11,12). The molecule has 0 bridgehead atoms. The van der Waals surface area contributed by atoms with Gasteiger partial charge in [-0.05, 0) is 13.0 Å². The molecule has 1 aromatic carbocycles. The summed E-state index contributed by atoms with van der Waals surface area (Å²) >= 11 is -2.08. The normalized spacial score (nSPS) is 13.4. The molecule has 0 amide bonds. The van der Waals surface area contributed by atoms with E-state index in [1.165, 1.54) is 0 Å². The van der Waals surface area contributed by atoms with Gasteiger partial charge in [-0.2, -0.15) is 9.19 Å². The zero-order valence-corrected chi connectivity index (χ0v) is 7.78. The molecule has 2 aromatic rings. The van der Waals surface area contributed by atoms with Crippen LogP contribution in [0.5, 0.6) is 0 Å². The van der Waals surface area contributed by atoms with Crippen molar-refractivity contribution in [3.63, 3.8) is 0 Å². The Morgan fingerprint density at radius 3 is 2.85 bits per heavy atom. The maximum Gasteiger partial charge on any atom is 0.283 e. The van der Waals surface area contributed by atoms with Crippen molar-refractivity contribution >= 4 is 22.2 Å². The third-order valence-corrected chi connectivity index (χ3v) is 2.46. The number of benzene rings is 1. The monoisotopic (exact) mass is 196 g/mol. The molecule has 1 heterocycles. The summed E-state index contributed by atoms with van der Waals surface area (Å²) in [6, 6.07) is 7.33. The third kappa shape index (κ3) is 1.26. The second-order valence-corrected chi connectivity index (χ2v) is 3.51. The molecule has 1 unspecified atom stereocenters. The van der Waals surface area contributed by atoms with Crippen LogP contribution in [0, 0.1) is 6.92 Å². The minimum absolute atomic E-state index is 0.681. The fraction of sp³-hybridized carbons (Fsp3) is 0.125. The van der Waals surface area contributed by atoms with Crippen LogP contribution >= 0.6 is 0 Å². The Kier molecular flexibility index (Phi) is 1.90. The third-order valence-electron chi connectivity index (χ3n) is 1.89. The summed E-state index contributed by atoms with van der Waals surface area (Å²) in [7, 11) is 0. The molecule has 0 aliphatic heterocycles. The van der Waals surface area contributed by atoms with E-state index < -0.39 is 11.3 Å². The summed E-state index contributed by atoms with van der Waals surface area (Å²) in [4.78, 5) is 0. The zero-order valence-electron chi connectivity index (χ0n) is 6.97. The maximum absolute atomic E-state index is 10.8. The highest BCUT2D eigenvalue weighted by Gasteiger charge is 2.08. The van der Waals surface area contributed by atoms with E-state index in [9.17, 15) is 4.21 Å². The van der Waals surface area contributed by atoms with Gasteiger partial charge in [-0.3, -0.25) is 4.55 Å².